The predicted molar refractivity (Wildman–Crippen MR) is 149 cm³/mol. The molecule has 0 saturated carbocycles. The van der Waals surface area contributed by atoms with Gasteiger partial charge in [0.05, 0.1) is 5.56 Å². The molecule has 5 rings (SSSR count). The summed E-state index contributed by atoms with van der Waals surface area (Å²) in [6.07, 6.45) is 3.79. The van der Waals surface area contributed by atoms with Gasteiger partial charge in [0.25, 0.3) is 5.91 Å². The Kier molecular flexibility index (Phi) is 7.91. The van der Waals surface area contributed by atoms with Gasteiger partial charge in [-0.25, -0.2) is 15.0 Å². The summed E-state index contributed by atoms with van der Waals surface area (Å²) in [4.78, 5) is 40.2. The van der Waals surface area contributed by atoms with E-state index in [4.69, 9.17) is 10.7 Å². The van der Waals surface area contributed by atoms with Crippen LogP contribution in [0.15, 0.2) is 55.0 Å². The number of hydrogen-bond acceptors (Lipinski definition) is 7. The number of nitrogens with two attached hydrogens (primary N) is 1. The number of anilines is 3. The van der Waals surface area contributed by atoms with Crippen LogP contribution in [0.3, 0.4) is 0 Å². The van der Waals surface area contributed by atoms with Crippen molar-refractivity contribution in [2.24, 2.45) is 5.92 Å². The number of benzene rings is 1. The van der Waals surface area contributed by atoms with E-state index in [1.807, 2.05) is 11.3 Å². The second-order valence-corrected chi connectivity index (χ2v) is 10.2. The molecule has 0 radical (unpaired) electrons. The van der Waals surface area contributed by atoms with Crippen LogP contribution in [-0.2, 0) is 11.0 Å². The minimum atomic E-state index is -4.55. The number of ketones is 1. The number of nitrogens with one attached hydrogen (secondary N) is 1. The van der Waals surface area contributed by atoms with Crippen molar-refractivity contribution in [3.63, 3.8) is 0 Å². The Labute approximate surface area is 234 Å². The summed E-state index contributed by atoms with van der Waals surface area (Å²) in [5.74, 6) is 0.738. The fraction of sp³-hybridized carbons (Fsp3) is 0.345. The molecule has 41 heavy (non-hydrogen) atoms. The number of nitrogen functional groups attached to an aromatic ring is 1. The summed E-state index contributed by atoms with van der Waals surface area (Å²) in [5, 5.41) is 2.41. The molecule has 1 amide bonds. The standard InChI is InChI=1S/C29H30F3N7O2/c1-2-4-22(40)15-18-5-3-13-38(17-18)28-37-24(25-26(33)35-12-14-39(25)28)19-6-8-20(9-7-19)27(41)36-23-16-21(10-11-34-23)29(30,31)32/h6-12,14,16,18H,2-5,13,15,17H2,1H3,(H2,33,35)(H,34,36,41)/t18-/m0/s1. The molecule has 3 N–H and O–H groups in total. The van der Waals surface area contributed by atoms with Crippen molar-refractivity contribution in [1.82, 2.24) is 19.4 Å². The van der Waals surface area contributed by atoms with E-state index in [9.17, 15) is 22.8 Å². The van der Waals surface area contributed by atoms with Gasteiger partial charge < -0.3 is 16.0 Å². The molecule has 1 fully saturated rings. The lowest BCUT2D eigenvalue weighted by molar-refractivity contribution is -0.137. The molecule has 3 aromatic heterocycles. The van der Waals surface area contributed by atoms with Crippen molar-refractivity contribution >= 4 is 34.8 Å². The molecular weight excluding hydrogens is 535 g/mol. The maximum Gasteiger partial charge on any atom is 0.416 e. The Morgan fingerprint density at radius 3 is 2.63 bits per heavy atom. The Morgan fingerprint density at radius 1 is 1.12 bits per heavy atom. The molecule has 4 aromatic rings. The van der Waals surface area contributed by atoms with E-state index >= 15 is 0 Å². The molecule has 0 spiro atoms. The fourth-order valence-electron chi connectivity index (χ4n) is 5.23. The molecule has 0 unspecified atom stereocenters. The van der Waals surface area contributed by atoms with E-state index in [1.54, 1.807) is 36.7 Å². The van der Waals surface area contributed by atoms with Crippen LogP contribution >= 0.6 is 0 Å². The molecule has 1 aliphatic rings. The van der Waals surface area contributed by atoms with Gasteiger partial charge >= 0.3 is 6.18 Å². The zero-order chi connectivity index (χ0) is 29.1. The summed E-state index contributed by atoms with van der Waals surface area (Å²) >= 11 is 0. The van der Waals surface area contributed by atoms with E-state index in [0.717, 1.165) is 44.1 Å². The van der Waals surface area contributed by atoms with Crippen LogP contribution in [0.5, 0.6) is 0 Å². The fourth-order valence-corrected chi connectivity index (χ4v) is 5.23. The van der Waals surface area contributed by atoms with Gasteiger partial charge in [0, 0.05) is 55.6 Å². The van der Waals surface area contributed by atoms with Crippen LogP contribution in [0, 0.1) is 5.92 Å². The van der Waals surface area contributed by atoms with Crippen LogP contribution in [-0.4, -0.2) is 44.1 Å². The maximum absolute atomic E-state index is 13.0. The lowest BCUT2D eigenvalue weighted by atomic mass is 9.92. The van der Waals surface area contributed by atoms with Crippen molar-refractivity contribution in [3.8, 4) is 11.3 Å². The van der Waals surface area contributed by atoms with Gasteiger partial charge in [-0.15, -0.1) is 0 Å². The maximum atomic E-state index is 13.0. The van der Waals surface area contributed by atoms with Gasteiger partial charge in [-0.2, -0.15) is 13.2 Å². The number of rotatable bonds is 8. The number of fused-ring (bicyclic) bond motifs is 1. The average Bonchev–Trinajstić information content (AvgIpc) is 3.34. The van der Waals surface area contributed by atoms with Gasteiger partial charge in [0.15, 0.2) is 0 Å². The van der Waals surface area contributed by atoms with Crippen LogP contribution in [0.4, 0.5) is 30.8 Å². The number of carbonyl (C=O) groups is 2. The number of nitrogens with zero attached hydrogens (tertiary/aromatic N) is 5. The Bertz CT molecular complexity index is 1570. The Balaban J connectivity index is 1.39. The summed E-state index contributed by atoms with van der Waals surface area (Å²) in [6.45, 7) is 3.51. The van der Waals surface area contributed by atoms with E-state index < -0.39 is 17.6 Å². The van der Waals surface area contributed by atoms with Crippen molar-refractivity contribution in [3.05, 3.63) is 66.1 Å². The Hall–Kier alpha value is -4.48. The molecule has 12 heteroatoms. The monoisotopic (exact) mass is 565 g/mol. The predicted octanol–water partition coefficient (Wildman–Crippen LogP) is 5.62. The number of hydrogen-bond donors (Lipinski definition) is 2. The number of carbonyl (C=O) groups excluding carboxylic acids is 2. The SMILES string of the molecule is CCCC(=O)C[C@@H]1CCCN(c2nc(-c3ccc(C(=O)Nc4cc(C(F)(F)F)ccn4)cc3)c3c(N)nccn23)C1. The number of halogens is 3. The first-order chi connectivity index (χ1) is 19.6. The lowest BCUT2D eigenvalue weighted by Gasteiger charge is -2.32. The highest BCUT2D eigenvalue weighted by atomic mass is 19.4. The number of pyridine rings is 1. The highest BCUT2D eigenvalue weighted by Gasteiger charge is 2.31. The van der Waals surface area contributed by atoms with Gasteiger partial charge in [0.1, 0.15) is 28.6 Å². The summed E-state index contributed by atoms with van der Waals surface area (Å²) in [7, 11) is 0. The van der Waals surface area contributed by atoms with E-state index in [-0.39, 0.29) is 23.1 Å². The average molecular weight is 566 g/mol. The third-order valence-corrected chi connectivity index (χ3v) is 7.16. The first-order valence-corrected chi connectivity index (χ1v) is 13.5. The number of piperidine rings is 1. The normalized spacial score (nSPS) is 15.7. The van der Waals surface area contributed by atoms with Crippen molar-refractivity contribution in [2.45, 2.75) is 45.2 Å². The van der Waals surface area contributed by atoms with Crippen LogP contribution in [0.25, 0.3) is 16.8 Å². The minimum Gasteiger partial charge on any atom is -0.382 e. The first-order valence-electron chi connectivity index (χ1n) is 13.5. The molecule has 9 nitrogen and oxygen atoms in total. The van der Waals surface area contributed by atoms with Gasteiger partial charge in [-0.05, 0) is 49.4 Å². The van der Waals surface area contributed by atoms with Gasteiger partial charge in [-0.1, -0.05) is 19.1 Å². The van der Waals surface area contributed by atoms with Gasteiger partial charge in [-0.3, -0.25) is 14.0 Å². The number of alkyl halides is 3. The van der Waals surface area contributed by atoms with Crippen molar-refractivity contribution < 1.29 is 22.8 Å². The summed E-state index contributed by atoms with van der Waals surface area (Å²) < 4.78 is 40.9. The first kappa shape index (κ1) is 28.1. The number of aromatic nitrogens is 4. The molecular formula is C29H30F3N7O2. The smallest absolute Gasteiger partial charge is 0.382 e. The minimum absolute atomic E-state index is 0.200. The number of amides is 1. The van der Waals surface area contributed by atoms with E-state index in [0.29, 0.717) is 47.9 Å². The van der Waals surface area contributed by atoms with Crippen LogP contribution < -0.4 is 16.0 Å². The second-order valence-electron chi connectivity index (χ2n) is 10.2. The topological polar surface area (TPSA) is 119 Å². The van der Waals surface area contributed by atoms with Crippen LogP contribution in [0.1, 0.15) is 54.9 Å². The zero-order valence-corrected chi connectivity index (χ0v) is 22.5. The molecule has 214 valence electrons. The highest BCUT2D eigenvalue weighted by Crippen LogP contribution is 2.34. The second kappa shape index (κ2) is 11.6. The number of imidazole rings is 1. The third-order valence-electron chi connectivity index (χ3n) is 7.16. The van der Waals surface area contributed by atoms with E-state index in [2.05, 4.69) is 20.2 Å². The number of Topliss-reactive ketones (excluding diaryl/α,β-unsaturated/α-hetero) is 1. The Morgan fingerprint density at radius 2 is 1.90 bits per heavy atom. The molecule has 1 aliphatic heterocycles. The third kappa shape index (κ3) is 6.16. The molecule has 1 atom stereocenters. The molecule has 0 aliphatic carbocycles. The summed E-state index contributed by atoms with van der Waals surface area (Å²) in [5.41, 5.74) is 7.51. The quantitative estimate of drug-likeness (QED) is 0.285. The molecule has 1 saturated heterocycles. The molecule has 4 heterocycles. The molecule has 1 aromatic carbocycles. The highest BCUT2D eigenvalue weighted by molar-refractivity contribution is 6.04. The van der Waals surface area contributed by atoms with Gasteiger partial charge in [0.2, 0.25) is 5.95 Å². The van der Waals surface area contributed by atoms with Crippen LogP contribution in [0.2, 0.25) is 0 Å². The largest absolute Gasteiger partial charge is 0.416 e. The molecule has 0 bridgehead atoms. The zero-order valence-electron chi connectivity index (χ0n) is 22.5. The van der Waals surface area contributed by atoms with Crippen molar-refractivity contribution in [1.29, 1.82) is 0 Å². The van der Waals surface area contributed by atoms with Crippen molar-refractivity contribution in [2.75, 3.05) is 29.0 Å². The van der Waals surface area contributed by atoms with E-state index in [1.165, 1.54) is 0 Å². The summed E-state index contributed by atoms with van der Waals surface area (Å²) in [6, 6.07) is 8.15. The lowest BCUT2D eigenvalue weighted by Crippen LogP contribution is -2.37.